The summed E-state index contributed by atoms with van der Waals surface area (Å²) in [6.07, 6.45) is 2.29. The minimum atomic E-state index is -0.820. The zero-order valence-corrected chi connectivity index (χ0v) is 13.3. The molecule has 1 fully saturated rings. The molecule has 1 aromatic heterocycles. The predicted molar refractivity (Wildman–Crippen MR) is 84.3 cm³/mol. The number of nitrogens with one attached hydrogen (secondary N) is 1. The van der Waals surface area contributed by atoms with Crippen LogP contribution in [0.3, 0.4) is 0 Å². The fourth-order valence-electron chi connectivity index (χ4n) is 2.75. The van der Waals surface area contributed by atoms with E-state index in [4.69, 9.17) is 18.9 Å². The Labute approximate surface area is 134 Å². The topological polar surface area (TPSA) is 69.8 Å². The molecule has 1 saturated heterocycles. The number of hydrogen-bond donors (Lipinski definition) is 1. The van der Waals surface area contributed by atoms with Gasteiger partial charge in [0, 0.05) is 35.7 Å². The number of benzene rings is 1. The van der Waals surface area contributed by atoms with Gasteiger partial charge in [0.2, 0.25) is 0 Å². The summed E-state index contributed by atoms with van der Waals surface area (Å²) in [7, 11) is 1.61. The monoisotopic (exact) mass is 319 g/mol. The summed E-state index contributed by atoms with van der Waals surface area (Å²) in [6.45, 7) is 2.73. The summed E-state index contributed by atoms with van der Waals surface area (Å²) in [5, 5.41) is 0.875. The smallest absolute Gasteiger partial charge is 0.340 e. The van der Waals surface area contributed by atoms with Crippen molar-refractivity contribution in [1.82, 2.24) is 4.98 Å². The van der Waals surface area contributed by atoms with Crippen LogP contribution in [0, 0.1) is 0 Å². The summed E-state index contributed by atoms with van der Waals surface area (Å²) >= 11 is 0. The molecule has 0 amide bonds. The number of methoxy groups -OCH3 is 1. The van der Waals surface area contributed by atoms with Crippen LogP contribution >= 0.6 is 0 Å². The van der Waals surface area contributed by atoms with Crippen LogP contribution in [0.1, 0.15) is 31.4 Å². The molecule has 0 aliphatic carbocycles. The molecule has 2 aromatic rings. The van der Waals surface area contributed by atoms with Crippen LogP contribution in [0.15, 0.2) is 24.4 Å². The first-order valence-electron chi connectivity index (χ1n) is 7.81. The van der Waals surface area contributed by atoms with Crippen molar-refractivity contribution in [2.24, 2.45) is 0 Å². The lowest BCUT2D eigenvalue weighted by Crippen LogP contribution is -2.24. The Morgan fingerprint density at radius 2 is 2.35 bits per heavy atom. The highest BCUT2D eigenvalue weighted by atomic mass is 16.7. The molecule has 2 unspecified atom stereocenters. The average molecular weight is 319 g/mol. The first kappa shape index (κ1) is 15.8. The molecule has 0 bridgehead atoms. The van der Waals surface area contributed by atoms with Crippen molar-refractivity contribution in [2.45, 2.75) is 32.2 Å². The van der Waals surface area contributed by atoms with Gasteiger partial charge in [-0.25, -0.2) is 4.79 Å². The molecular weight excluding hydrogens is 298 g/mol. The molecule has 2 heterocycles. The SMILES string of the molecule is CCOC(=O)C(OC1CCCO1)c1c[nH]c2ccc(OC)cc12. The van der Waals surface area contributed by atoms with Crippen molar-refractivity contribution in [3.63, 3.8) is 0 Å². The van der Waals surface area contributed by atoms with E-state index in [-0.39, 0.29) is 6.29 Å². The molecule has 1 aromatic carbocycles. The zero-order chi connectivity index (χ0) is 16.2. The van der Waals surface area contributed by atoms with Crippen molar-refractivity contribution in [3.8, 4) is 5.75 Å². The van der Waals surface area contributed by atoms with Crippen LogP contribution in [0.25, 0.3) is 10.9 Å². The quantitative estimate of drug-likeness (QED) is 0.829. The predicted octanol–water partition coefficient (Wildman–Crippen LogP) is 2.93. The van der Waals surface area contributed by atoms with Gasteiger partial charge in [-0.05, 0) is 31.5 Å². The van der Waals surface area contributed by atoms with Crippen molar-refractivity contribution >= 4 is 16.9 Å². The third-order valence-corrected chi connectivity index (χ3v) is 3.88. The Hall–Kier alpha value is -2.05. The highest BCUT2D eigenvalue weighted by Gasteiger charge is 2.30. The van der Waals surface area contributed by atoms with Crippen LogP contribution in [0.5, 0.6) is 5.75 Å². The second kappa shape index (κ2) is 7.02. The molecule has 2 atom stereocenters. The van der Waals surface area contributed by atoms with Gasteiger partial charge in [-0.2, -0.15) is 0 Å². The summed E-state index contributed by atoms with van der Waals surface area (Å²) in [4.78, 5) is 15.5. The van der Waals surface area contributed by atoms with Crippen molar-refractivity contribution in [2.75, 3.05) is 20.3 Å². The molecular formula is C17H21NO5. The highest BCUT2D eigenvalue weighted by molar-refractivity contribution is 5.90. The molecule has 6 heteroatoms. The van der Waals surface area contributed by atoms with Gasteiger partial charge in [-0.1, -0.05) is 0 Å². The Kier molecular flexibility index (Phi) is 4.83. The van der Waals surface area contributed by atoms with Gasteiger partial charge in [0.1, 0.15) is 5.75 Å². The first-order valence-corrected chi connectivity index (χ1v) is 7.81. The fraction of sp³-hybridized carbons (Fsp3) is 0.471. The normalized spacial score (nSPS) is 19.0. The zero-order valence-electron chi connectivity index (χ0n) is 13.3. The maximum absolute atomic E-state index is 12.4. The first-order chi connectivity index (χ1) is 11.2. The number of carbonyl (C=O) groups is 1. The van der Waals surface area contributed by atoms with Crippen LogP contribution in [-0.2, 0) is 19.0 Å². The number of carbonyl (C=O) groups excluding carboxylic acids is 1. The minimum absolute atomic E-state index is 0.301. The van der Waals surface area contributed by atoms with Gasteiger partial charge in [-0.3, -0.25) is 0 Å². The number of rotatable bonds is 6. The van der Waals surface area contributed by atoms with Gasteiger partial charge in [0.05, 0.1) is 13.7 Å². The lowest BCUT2D eigenvalue weighted by Gasteiger charge is -2.20. The lowest BCUT2D eigenvalue weighted by molar-refractivity contribution is -0.183. The molecule has 0 radical (unpaired) electrons. The van der Waals surface area contributed by atoms with Gasteiger partial charge in [0.25, 0.3) is 0 Å². The van der Waals surface area contributed by atoms with E-state index in [9.17, 15) is 4.79 Å². The summed E-state index contributed by atoms with van der Waals surface area (Å²) in [6, 6.07) is 5.65. The van der Waals surface area contributed by atoms with Crippen molar-refractivity contribution < 1.29 is 23.7 Å². The minimum Gasteiger partial charge on any atom is -0.497 e. The molecule has 0 spiro atoms. The maximum Gasteiger partial charge on any atom is 0.340 e. The highest BCUT2D eigenvalue weighted by Crippen LogP contribution is 2.32. The maximum atomic E-state index is 12.4. The Morgan fingerprint density at radius 1 is 1.48 bits per heavy atom. The molecule has 124 valence electrons. The van der Waals surface area contributed by atoms with E-state index in [2.05, 4.69) is 4.98 Å². The van der Waals surface area contributed by atoms with Gasteiger partial charge < -0.3 is 23.9 Å². The number of aromatic amines is 1. The van der Waals surface area contributed by atoms with Gasteiger partial charge in [0.15, 0.2) is 12.4 Å². The standard InChI is InChI=1S/C17H21NO5/c1-3-21-17(19)16(23-15-5-4-8-22-15)13-10-18-14-7-6-11(20-2)9-12(13)14/h6-7,9-10,15-16,18H,3-5,8H2,1-2H3. The van der Waals surface area contributed by atoms with E-state index < -0.39 is 12.1 Å². The number of fused-ring (bicyclic) bond motifs is 1. The van der Waals surface area contributed by atoms with Crippen molar-refractivity contribution in [3.05, 3.63) is 30.0 Å². The van der Waals surface area contributed by atoms with E-state index in [0.717, 1.165) is 35.1 Å². The molecule has 1 aliphatic heterocycles. The molecule has 0 saturated carbocycles. The third kappa shape index (κ3) is 3.33. The van der Waals surface area contributed by atoms with E-state index >= 15 is 0 Å². The molecule has 1 aliphatic rings. The molecule has 6 nitrogen and oxygen atoms in total. The number of esters is 1. The Bertz CT molecular complexity index is 675. The van der Waals surface area contributed by atoms with Crippen LogP contribution in [0.4, 0.5) is 0 Å². The van der Waals surface area contributed by atoms with E-state index in [1.165, 1.54) is 0 Å². The molecule has 1 N–H and O–H groups in total. The number of aromatic nitrogens is 1. The summed E-state index contributed by atoms with van der Waals surface area (Å²) in [5.74, 6) is 0.310. The average Bonchev–Trinajstić information content (AvgIpc) is 3.21. The second-order valence-electron chi connectivity index (χ2n) is 5.37. The van der Waals surface area contributed by atoms with Gasteiger partial charge >= 0.3 is 5.97 Å². The lowest BCUT2D eigenvalue weighted by atomic mass is 10.1. The van der Waals surface area contributed by atoms with E-state index in [1.54, 1.807) is 20.2 Å². The molecule has 23 heavy (non-hydrogen) atoms. The van der Waals surface area contributed by atoms with Crippen LogP contribution < -0.4 is 4.74 Å². The van der Waals surface area contributed by atoms with Crippen molar-refractivity contribution in [1.29, 1.82) is 0 Å². The largest absolute Gasteiger partial charge is 0.497 e. The number of H-pyrrole nitrogens is 1. The van der Waals surface area contributed by atoms with Crippen LogP contribution in [0.2, 0.25) is 0 Å². The summed E-state index contributed by atoms with van der Waals surface area (Å²) in [5.41, 5.74) is 1.64. The fourth-order valence-corrected chi connectivity index (χ4v) is 2.75. The molecule has 3 rings (SSSR count). The van der Waals surface area contributed by atoms with E-state index in [1.807, 2.05) is 18.2 Å². The Morgan fingerprint density at radius 3 is 3.04 bits per heavy atom. The summed E-state index contributed by atoms with van der Waals surface area (Å²) < 4.78 is 21.8. The van der Waals surface area contributed by atoms with Crippen LogP contribution in [-0.4, -0.2) is 37.6 Å². The number of hydrogen-bond acceptors (Lipinski definition) is 5. The van der Waals surface area contributed by atoms with Gasteiger partial charge in [-0.15, -0.1) is 0 Å². The Balaban J connectivity index is 1.95. The second-order valence-corrected chi connectivity index (χ2v) is 5.37. The third-order valence-electron chi connectivity index (χ3n) is 3.88. The van der Waals surface area contributed by atoms with E-state index in [0.29, 0.717) is 13.2 Å². The number of ether oxygens (including phenoxy) is 4.